The molecule has 0 aromatic heterocycles. The third-order valence-corrected chi connectivity index (χ3v) is 21.2. The Balaban J connectivity index is 1.35. The van der Waals surface area contributed by atoms with Crippen molar-refractivity contribution in [3.05, 3.63) is 36.5 Å². The number of hydrogen-bond donors (Lipinski definition) is 12. The third-order valence-electron chi connectivity index (χ3n) is 21.2. The highest BCUT2D eigenvalue weighted by atomic mass is 16.8. The van der Waals surface area contributed by atoms with Crippen LogP contribution in [0.25, 0.3) is 0 Å². The van der Waals surface area contributed by atoms with Gasteiger partial charge in [0.15, 0.2) is 18.9 Å². The Morgan fingerprint density at radius 1 is 0.343 bits per heavy atom. The van der Waals surface area contributed by atoms with Crippen molar-refractivity contribution in [2.45, 2.75) is 458 Å². The fraction of sp³-hybridized carbons (Fsp3) is 0.916. The van der Waals surface area contributed by atoms with Gasteiger partial charge in [-0.15, -0.1) is 0 Å². The molecule has 3 fully saturated rings. The summed E-state index contributed by atoms with van der Waals surface area (Å²) in [6.07, 6.45) is 53.0. The molecule has 0 aliphatic carbocycles. The number of carbonyl (C=O) groups excluding carboxylic acids is 1. The lowest BCUT2D eigenvalue weighted by molar-refractivity contribution is -0.379. The van der Waals surface area contributed by atoms with Gasteiger partial charge in [0.25, 0.3) is 0 Å². The summed E-state index contributed by atoms with van der Waals surface area (Å²) in [5, 5.41) is 121. The minimum Gasteiger partial charge on any atom is -0.394 e. The van der Waals surface area contributed by atoms with Crippen LogP contribution in [0.15, 0.2) is 36.5 Å². The van der Waals surface area contributed by atoms with E-state index < -0.39 is 124 Å². The molecule has 19 heteroatoms. The first-order chi connectivity index (χ1) is 49.8. The van der Waals surface area contributed by atoms with Gasteiger partial charge in [-0.25, -0.2) is 0 Å². The molecule has 600 valence electrons. The van der Waals surface area contributed by atoms with E-state index in [9.17, 15) is 61.0 Å². The highest BCUT2D eigenvalue weighted by Crippen LogP contribution is 2.33. The van der Waals surface area contributed by atoms with Gasteiger partial charge in [-0.2, -0.15) is 0 Å². The van der Waals surface area contributed by atoms with E-state index in [4.69, 9.17) is 28.4 Å². The molecule has 3 saturated heterocycles. The Kier molecular flexibility index (Phi) is 59.0. The van der Waals surface area contributed by atoms with Crippen LogP contribution in [0.5, 0.6) is 0 Å². The zero-order chi connectivity index (χ0) is 73.9. The van der Waals surface area contributed by atoms with E-state index in [0.29, 0.717) is 12.8 Å². The number of aliphatic hydroxyl groups excluding tert-OH is 11. The molecule has 3 heterocycles. The first-order valence-electron chi connectivity index (χ1n) is 42.2. The van der Waals surface area contributed by atoms with Gasteiger partial charge < -0.3 is 89.9 Å². The van der Waals surface area contributed by atoms with Crippen LogP contribution in [0, 0.1) is 0 Å². The van der Waals surface area contributed by atoms with E-state index in [2.05, 4.69) is 43.5 Å². The van der Waals surface area contributed by atoms with Crippen molar-refractivity contribution < 1.29 is 89.4 Å². The van der Waals surface area contributed by atoms with Crippen LogP contribution >= 0.6 is 0 Å². The lowest BCUT2D eigenvalue weighted by Gasteiger charge is -2.48. The fourth-order valence-electron chi connectivity index (χ4n) is 14.4. The van der Waals surface area contributed by atoms with Crippen LogP contribution in [0.4, 0.5) is 0 Å². The molecule has 0 saturated carbocycles. The van der Waals surface area contributed by atoms with Gasteiger partial charge in [-0.3, -0.25) is 4.79 Å². The maximum absolute atomic E-state index is 13.5. The van der Waals surface area contributed by atoms with E-state index in [1.807, 2.05) is 6.08 Å². The predicted octanol–water partition coefficient (Wildman–Crippen LogP) is 14.7. The van der Waals surface area contributed by atoms with Crippen molar-refractivity contribution >= 4 is 5.91 Å². The van der Waals surface area contributed by atoms with Crippen molar-refractivity contribution in [1.82, 2.24) is 5.32 Å². The number of nitrogens with one attached hydrogen (secondary N) is 1. The Hall–Kier alpha value is -1.99. The molecule has 102 heavy (non-hydrogen) atoms. The summed E-state index contributed by atoms with van der Waals surface area (Å²) in [4.78, 5) is 13.5. The second kappa shape index (κ2) is 63.9. The zero-order valence-electron chi connectivity index (χ0n) is 64.4. The third kappa shape index (κ3) is 43.3. The average molecular weight is 1460 g/mol. The summed E-state index contributed by atoms with van der Waals surface area (Å²) in [7, 11) is 0. The molecule has 19 nitrogen and oxygen atoms in total. The monoisotopic (exact) mass is 1450 g/mol. The number of carbonyl (C=O) groups is 1. The SMILES string of the molecule is CCCCCCCCCCCCCCC/C=C/CC/C=C/CC/C=C/C(O)C(COC1OC(CO)C(OC2OC(CO)C(OC3OC(CO)C(O)C(O)C3O)C(O)C2O)C(O)C1O)NC(=O)CCCCCCCCCCCCCCCCCCCCCCCCCCCCCCCCCCCC. The number of hydrogen-bond acceptors (Lipinski definition) is 18. The summed E-state index contributed by atoms with van der Waals surface area (Å²) in [5.74, 6) is -0.282. The summed E-state index contributed by atoms with van der Waals surface area (Å²) in [5.41, 5.74) is 0. The predicted molar refractivity (Wildman–Crippen MR) is 406 cm³/mol. The fourth-order valence-corrected chi connectivity index (χ4v) is 14.4. The Bertz CT molecular complexity index is 1980. The van der Waals surface area contributed by atoms with Gasteiger partial charge in [-0.05, 0) is 44.9 Å². The number of amides is 1. The van der Waals surface area contributed by atoms with Crippen molar-refractivity contribution in [1.29, 1.82) is 0 Å². The molecule has 12 N–H and O–H groups in total. The van der Waals surface area contributed by atoms with E-state index in [-0.39, 0.29) is 18.9 Å². The van der Waals surface area contributed by atoms with Crippen LogP contribution < -0.4 is 5.32 Å². The van der Waals surface area contributed by atoms with Gasteiger partial charge in [-0.1, -0.05) is 339 Å². The van der Waals surface area contributed by atoms with Crippen LogP contribution in [-0.4, -0.2) is 193 Å². The lowest BCUT2D eigenvalue weighted by atomic mass is 9.96. The molecule has 3 aliphatic heterocycles. The maximum Gasteiger partial charge on any atom is 0.220 e. The van der Waals surface area contributed by atoms with Crippen LogP contribution in [0.3, 0.4) is 0 Å². The highest BCUT2D eigenvalue weighted by molar-refractivity contribution is 5.76. The first kappa shape index (κ1) is 94.2. The van der Waals surface area contributed by atoms with Gasteiger partial charge >= 0.3 is 0 Å². The minimum absolute atomic E-state index is 0.236. The smallest absolute Gasteiger partial charge is 0.220 e. The standard InChI is InChI=1S/C83H155NO18/c1-3-5-7-9-11-13-15-17-19-21-23-25-27-28-29-30-31-32-33-34-35-36-37-39-41-43-45-47-49-51-53-55-57-59-61-71(89)84-66(67(88)60-58-56-54-52-50-48-46-44-42-40-38-26-24-22-20-18-16-14-12-10-8-6-4-2)65-97-81-77(95)74(92)79(69(63-86)99-81)102-83-78(96)75(93)80(70(64-87)100-83)101-82-76(94)73(91)72(90)68(62-85)98-82/h42,44,50,52,58,60,66-70,72-83,85-88,90-96H,3-41,43,45-49,51,53-57,59,61-65H2,1-2H3,(H,84,89)/b44-42+,52-50+,60-58+. The first-order valence-corrected chi connectivity index (χ1v) is 42.2. The molecule has 0 spiro atoms. The van der Waals surface area contributed by atoms with E-state index in [1.165, 1.54) is 276 Å². The second-order valence-electron chi connectivity index (χ2n) is 30.3. The maximum atomic E-state index is 13.5. The molecule has 0 bridgehead atoms. The molecule has 3 rings (SSSR count). The largest absolute Gasteiger partial charge is 0.394 e. The topological polar surface area (TPSA) is 307 Å². The minimum atomic E-state index is -1.98. The lowest BCUT2D eigenvalue weighted by Crippen LogP contribution is -2.66. The quantitative estimate of drug-likeness (QED) is 0.0199. The number of unbranched alkanes of at least 4 members (excludes halogenated alkanes) is 48. The molecule has 0 aromatic rings. The summed E-state index contributed by atoms with van der Waals surface area (Å²) in [6.45, 7) is 1.77. The van der Waals surface area contributed by atoms with Gasteiger partial charge in [0.1, 0.15) is 73.2 Å². The zero-order valence-corrected chi connectivity index (χ0v) is 64.4. The number of aliphatic hydroxyl groups is 11. The number of ether oxygens (including phenoxy) is 6. The molecule has 1 amide bonds. The molecule has 17 unspecified atom stereocenters. The summed E-state index contributed by atoms with van der Waals surface area (Å²) < 4.78 is 34.4. The van der Waals surface area contributed by atoms with Gasteiger partial charge in [0, 0.05) is 6.42 Å². The van der Waals surface area contributed by atoms with Crippen LogP contribution in [0.2, 0.25) is 0 Å². The molecular weight excluding hydrogens is 1300 g/mol. The molecule has 0 aromatic carbocycles. The van der Waals surface area contributed by atoms with E-state index >= 15 is 0 Å². The normalized spacial score (nSPS) is 26.3. The van der Waals surface area contributed by atoms with Crippen molar-refractivity contribution in [3.8, 4) is 0 Å². The van der Waals surface area contributed by atoms with Crippen LogP contribution in [0.1, 0.15) is 354 Å². The van der Waals surface area contributed by atoms with Crippen molar-refractivity contribution in [2.24, 2.45) is 0 Å². The Morgan fingerprint density at radius 2 is 0.627 bits per heavy atom. The molecule has 17 atom stereocenters. The number of rotatable bonds is 68. The Morgan fingerprint density at radius 3 is 0.980 bits per heavy atom. The molecular formula is C83H155NO18. The van der Waals surface area contributed by atoms with Gasteiger partial charge in [0.05, 0.1) is 38.6 Å². The average Bonchev–Trinajstić information content (AvgIpc) is 0.779. The molecule has 0 radical (unpaired) electrons. The summed E-state index contributed by atoms with van der Waals surface area (Å²) >= 11 is 0. The van der Waals surface area contributed by atoms with E-state index in [0.717, 1.165) is 44.9 Å². The van der Waals surface area contributed by atoms with Crippen molar-refractivity contribution in [2.75, 3.05) is 26.4 Å². The highest BCUT2D eigenvalue weighted by Gasteiger charge is 2.54. The Labute approximate surface area is 619 Å². The van der Waals surface area contributed by atoms with Gasteiger partial charge in [0.2, 0.25) is 5.91 Å². The second-order valence-corrected chi connectivity index (χ2v) is 30.3. The van der Waals surface area contributed by atoms with E-state index in [1.54, 1.807) is 6.08 Å². The summed E-state index contributed by atoms with van der Waals surface area (Å²) in [6, 6.07) is -0.996. The molecule has 3 aliphatic rings. The van der Waals surface area contributed by atoms with Crippen molar-refractivity contribution in [3.63, 3.8) is 0 Å². The van der Waals surface area contributed by atoms with Crippen LogP contribution in [-0.2, 0) is 33.2 Å². The number of allylic oxidation sites excluding steroid dienone is 5.